The first-order valence-corrected chi connectivity index (χ1v) is 13.1. The fourth-order valence-corrected chi connectivity index (χ4v) is 5.59. The summed E-state index contributed by atoms with van der Waals surface area (Å²) in [5.74, 6) is -0.338. The van der Waals surface area contributed by atoms with Crippen LogP contribution in [0, 0.1) is 0 Å². The Labute approximate surface area is 208 Å². The number of amides is 2. The molecule has 0 aliphatic heterocycles. The summed E-state index contributed by atoms with van der Waals surface area (Å²) in [7, 11) is 0. The molecule has 0 saturated heterocycles. The van der Waals surface area contributed by atoms with Gasteiger partial charge in [-0.05, 0) is 57.7 Å². The van der Waals surface area contributed by atoms with Crippen molar-refractivity contribution in [2.45, 2.75) is 96.3 Å². The Balaban J connectivity index is 1.56. The second-order valence-corrected chi connectivity index (χ2v) is 10.4. The van der Waals surface area contributed by atoms with Crippen LogP contribution in [-0.4, -0.2) is 42.6 Å². The fraction of sp³-hybridized carbons (Fsp3) is 0.577. The minimum Gasteiger partial charge on any atom is -0.352 e. The van der Waals surface area contributed by atoms with Crippen LogP contribution in [0.5, 0.6) is 0 Å². The standard InChI is InChI=1S/C26H34N6O4/c1-16(2)31-24(35)20-13-12-17(23(34)28-19-10-6-7-11-19)14-21(20)32-25(31)29-30(26(32)36)15-22(33)27-18-8-4-3-5-9-18/h12-14,16,18-19H,3-11,15H2,1-2H3,(H,27,33)(H,28,34). The maximum atomic E-state index is 13.5. The maximum absolute atomic E-state index is 13.5. The van der Waals surface area contributed by atoms with E-state index in [1.165, 1.54) is 15.4 Å². The lowest BCUT2D eigenvalue weighted by molar-refractivity contribution is -0.122. The predicted molar refractivity (Wildman–Crippen MR) is 136 cm³/mol. The fourth-order valence-electron chi connectivity index (χ4n) is 5.59. The monoisotopic (exact) mass is 494 g/mol. The van der Waals surface area contributed by atoms with Gasteiger partial charge in [-0.1, -0.05) is 32.1 Å². The molecule has 2 heterocycles. The molecule has 10 heteroatoms. The molecule has 2 aliphatic carbocycles. The van der Waals surface area contributed by atoms with Crippen molar-refractivity contribution in [3.05, 3.63) is 44.6 Å². The van der Waals surface area contributed by atoms with Crippen molar-refractivity contribution in [3.63, 3.8) is 0 Å². The van der Waals surface area contributed by atoms with E-state index in [-0.39, 0.29) is 47.8 Å². The van der Waals surface area contributed by atoms with Gasteiger partial charge >= 0.3 is 5.69 Å². The highest BCUT2D eigenvalue weighted by molar-refractivity contribution is 5.98. The van der Waals surface area contributed by atoms with Crippen LogP contribution >= 0.6 is 0 Å². The first-order chi connectivity index (χ1) is 17.3. The quantitative estimate of drug-likeness (QED) is 0.546. The van der Waals surface area contributed by atoms with Crippen molar-refractivity contribution in [1.82, 2.24) is 29.4 Å². The Bertz CT molecular complexity index is 1420. The lowest BCUT2D eigenvalue weighted by atomic mass is 9.95. The van der Waals surface area contributed by atoms with E-state index in [9.17, 15) is 19.2 Å². The smallest absolute Gasteiger partial charge is 0.352 e. The summed E-state index contributed by atoms with van der Waals surface area (Å²) in [5.41, 5.74) is -0.113. The third-order valence-electron chi connectivity index (χ3n) is 7.46. The van der Waals surface area contributed by atoms with Gasteiger partial charge in [0.25, 0.3) is 11.5 Å². The number of fused-ring (bicyclic) bond motifs is 3. The van der Waals surface area contributed by atoms with Crippen LogP contribution in [0.2, 0.25) is 0 Å². The van der Waals surface area contributed by atoms with E-state index in [0.717, 1.165) is 56.0 Å². The second-order valence-electron chi connectivity index (χ2n) is 10.4. The summed E-state index contributed by atoms with van der Waals surface area (Å²) in [6.07, 6.45) is 9.34. The molecule has 2 aliphatic rings. The predicted octanol–water partition coefficient (Wildman–Crippen LogP) is 2.51. The molecule has 0 spiro atoms. The molecule has 0 radical (unpaired) electrons. The largest absolute Gasteiger partial charge is 0.352 e. The molecule has 10 nitrogen and oxygen atoms in total. The van der Waals surface area contributed by atoms with Crippen molar-refractivity contribution < 1.29 is 9.59 Å². The summed E-state index contributed by atoms with van der Waals surface area (Å²) in [5, 5.41) is 10.8. The molecule has 5 rings (SSSR count). The van der Waals surface area contributed by atoms with Gasteiger partial charge in [0.15, 0.2) is 0 Å². The average molecular weight is 495 g/mol. The lowest BCUT2D eigenvalue weighted by Gasteiger charge is -2.22. The van der Waals surface area contributed by atoms with E-state index in [0.29, 0.717) is 16.5 Å². The van der Waals surface area contributed by atoms with Crippen LogP contribution in [0.15, 0.2) is 27.8 Å². The number of hydrogen-bond donors (Lipinski definition) is 2. The summed E-state index contributed by atoms with van der Waals surface area (Å²) in [4.78, 5) is 52.5. The summed E-state index contributed by atoms with van der Waals surface area (Å²) < 4.78 is 3.91. The number of aromatic nitrogens is 4. The zero-order chi connectivity index (χ0) is 25.4. The minimum absolute atomic E-state index is 0.120. The molecule has 0 atom stereocenters. The molecule has 2 amide bonds. The van der Waals surface area contributed by atoms with E-state index < -0.39 is 5.69 Å². The van der Waals surface area contributed by atoms with Crippen LogP contribution in [0.3, 0.4) is 0 Å². The molecular formula is C26H34N6O4. The molecule has 2 aromatic heterocycles. The number of carbonyl (C=O) groups excluding carboxylic acids is 2. The van der Waals surface area contributed by atoms with Crippen molar-refractivity contribution >= 4 is 28.5 Å². The summed E-state index contributed by atoms with van der Waals surface area (Å²) >= 11 is 0. The lowest BCUT2D eigenvalue weighted by Crippen LogP contribution is -2.40. The van der Waals surface area contributed by atoms with Crippen LogP contribution in [0.25, 0.3) is 16.7 Å². The Morgan fingerprint density at radius 2 is 1.61 bits per heavy atom. The van der Waals surface area contributed by atoms with Gasteiger partial charge < -0.3 is 10.6 Å². The van der Waals surface area contributed by atoms with Gasteiger partial charge in [0.05, 0.1) is 10.9 Å². The number of nitrogens with one attached hydrogen (secondary N) is 2. The first kappa shape index (κ1) is 24.3. The van der Waals surface area contributed by atoms with E-state index in [2.05, 4.69) is 15.7 Å². The second kappa shape index (κ2) is 9.91. The molecule has 192 valence electrons. The molecule has 1 aromatic carbocycles. The van der Waals surface area contributed by atoms with Gasteiger partial charge in [-0.2, -0.15) is 0 Å². The number of carbonyl (C=O) groups is 2. The molecule has 0 unspecified atom stereocenters. The SMILES string of the molecule is CC(C)n1c(=O)c2ccc(C(=O)NC3CCCC3)cc2n2c(=O)n(CC(=O)NC3CCCCC3)nc12. The Morgan fingerprint density at radius 3 is 2.28 bits per heavy atom. The van der Waals surface area contributed by atoms with Crippen LogP contribution in [0.4, 0.5) is 0 Å². The number of nitrogens with zero attached hydrogens (tertiary/aromatic N) is 4. The molecule has 36 heavy (non-hydrogen) atoms. The summed E-state index contributed by atoms with van der Waals surface area (Å²) in [6.45, 7) is 3.46. The highest BCUT2D eigenvalue weighted by atomic mass is 16.2. The zero-order valence-corrected chi connectivity index (χ0v) is 21.0. The maximum Gasteiger partial charge on any atom is 0.352 e. The topological polar surface area (TPSA) is 120 Å². The first-order valence-electron chi connectivity index (χ1n) is 13.1. The number of hydrogen-bond acceptors (Lipinski definition) is 5. The zero-order valence-electron chi connectivity index (χ0n) is 21.0. The Hall–Kier alpha value is -3.43. The van der Waals surface area contributed by atoms with E-state index in [1.807, 2.05) is 13.8 Å². The number of benzene rings is 1. The molecule has 2 saturated carbocycles. The van der Waals surface area contributed by atoms with Gasteiger partial charge in [-0.15, -0.1) is 5.10 Å². The molecule has 0 bridgehead atoms. The van der Waals surface area contributed by atoms with Gasteiger partial charge in [-0.25, -0.2) is 13.9 Å². The van der Waals surface area contributed by atoms with Gasteiger partial charge in [0.2, 0.25) is 11.7 Å². The van der Waals surface area contributed by atoms with Crippen molar-refractivity contribution in [1.29, 1.82) is 0 Å². The van der Waals surface area contributed by atoms with Crippen LogP contribution < -0.4 is 21.9 Å². The normalized spacial score (nSPS) is 17.3. The summed E-state index contributed by atoms with van der Waals surface area (Å²) in [6, 6.07) is 4.80. The van der Waals surface area contributed by atoms with Gasteiger partial charge in [0, 0.05) is 23.7 Å². The van der Waals surface area contributed by atoms with Crippen molar-refractivity contribution in [2.75, 3.05) is 0 Å². The Morgan fingerprint density at radius 1 is 0.972 bits per heavy atom. The van der Waals surface area contributed by atoms with Gasteiger partial charge in [0.1, 0.15) is 6.54 Å². The van der Waals surface area contributed by atoms with Crippen molar-refractivity contribution in [2.24, 2.45) is 0 Å². The van der Waals surface area contributed by atoms with E-state index in [4.69, 9.17) is 0 Å². The highest BCUT2D eigenvalue weighted by Gasteiger charge is 2.23. The van der Waals surface area contributed by atoms with Crippen LogP contribution in [-0.2, 0) is 11.3 Å². The third-order valence-corrected chi connectivity index (χ3v) is 7.46. The molecule has 2 fully saturated rings. The average Bonchev–Trinajstić information content (AvgIpc) is 3.47. The van der Waals surface area contributed by atoms with Gasteiger partial charge in [-0.3, -0.25) is 19.0 Å². The number of rotatable bonds is 6. The Kier molecular flexibility index (Phi) is 6.68. The van der Waals surface area contributed by atoms with E-state index >= 15 is 0 Å². The van der Waals surface area contributed by atoms with Crippen LogP contribution in [0.1, 0.15) is 88.0 Å². The molecule has 2 N–H and O–H groups in total. The van der Waals surface area contributed by atoms with E-state index in [1.54, 1.807) is 18.2 Å². The molecule has 3 aromatic rings. The molecular weight excluding hydrogens is 460 g/mol. The minimum atomic E-state index is -0.517. The third kappa shape index (κ3) is 4.56. The van der Waals surface area contributed by atoms with Crippen molar-refractivity contribution in [3.8, 4) is 0 Å². The highest BCUT2D eigenvalue weighted by Crippen LogP contribution is 2.20.